The highest BCUT2D eigenvalue weighted by molar-refractivity contribution is 7.16. The van der Waals surface area contributed by atoms with Crippen LogP contribution in [0.25, 0.3) is 5.76 Å². The lowest BCUT2D eigenvalue weighted by Gasteiger charge is -2.14. The molecule has 0 spiro atoms. The van der Waals surface area contributed by atoms with Crippen LogP contribution >= 0.6 is 11.3 Å². The number of aromatic nitrogens is 2. The number of hydrogen-bond donors (Lipinski definition) is 2. The van der Waals surface area contributed by atoms with Gasteiger partial charge in [-0.1, -0.05) is 11.3 Å². The van der Waals surface area contributed by atoms with Crippen LogP contribution in [0, 0.1) is 0 Å². The van der Waals surface area contributed by atoms with Crippen molar-refractivity contribution >= 4 is 33.9 Å². The van der Waals surface area contributed by atoms with Crippen LogP contribution in [0.4, 0.5) is 5.13 Å². The largest absolute Gasteiger partial charge is 0.506 e. The Morgan fingerprint density at radius 1 is 1.33 bits per heavy atom. The van der Waals surface area contributed by atoms with E-state index in [-0.39, 0.29) is 17.4 Å². The topological polar surface area (TPSA) is 101 Å². The molecule has 0 bridgehead atoms. The fraction of sp³-hybridized carbons (Fsp3) is 0.250. The van der Waals surface area contributed by atoms with Crippen LogP contribution in [-0.2, 0) is 11.2 Å². The minimum absolute atomic E-state index is 0.0776. The maximum absolute atomic E-state index is 12.6. The van der Waals surface area contributed by atoms with E-state index in [9.17, 15) is 14.7 Å². The fourth-order valence-corrected chi connectivity index (χ4v) is 3.47. The van der Waals surface area contributed by atoms with E-state index in [1.54, 1.807) is 12.1 Å². The van der Waals surface area contributed by atoms with Gasteiger partial charge in [-0.05, 0) is 18.9 Å². The summed E-state index contributed by atoms with van der Waals surface area (Å²) in [5.74, 6) is -0.169. The molecule has 3 rings (SSSR count). The van der Waals surface area contributed by atoms with Gasteiger partial charge < -0.3 is 15.2 Å². The first-order valence-electron chi connectivity index (χ1n) is 7.24. The Bertz CT molecular complexity index is 840. The van der Waals surface area contributed by atoms with Crippen molar-refractivity contribution in [1.29, 1.82) is 0 Å². The van der Waals surface area contributed by atoms with Gasteiger partial charge in [0, 0.05) is 30.3 Å². The van der Waals surface area contributed by atoms with Crippen molar-refractivity contribution in [2.75, 3.05) is 12.4 Å². The summed E-state index contributed by atoms with van der Waals surface area (Å²) in [4.78, 5) is 32.6. The minimum atomic E-state index is -0.275. The number of anilines is 1. The molecular formula is C16H15N3O4S. The molecule has 0 aromatic carbocycles. The first-order chi connectivity index (χ1) is 11.5. The minimum Gasteiger partial charge on any atom is -0.506 e. The molecule has 0 atom stereocenters. The number of nitrogens with one attached hydrogen (secondary N) is 1. The fourth-order valence-electron chi connectivity index (χ4n) is 2.44. The second-order valence-electron chi connectivity index (χ2n) is 5.22. The molecule has 1 amide bonds. The summed E-state index contributed by atoms with van der Waals surface area (Å²) in [6, 6.07) is 3.21. The monoisotopic (exact) mass is 345 g/mol. The number of carbonyl (C=O) groups is 2. The van der Waals surface area contributed by atoms with Crippen LogP contribution in [0.1, 0.15) is 34.3 Å². The zero-order chi connectivity index (χ0) is 17.3. The number of nitrogens with zero attached hydrogens (tertiary/aromatic N) is 2. The summed E-state index contributed by atoms with van der Waals surface area (Å²) in [6.07, 6.45) is 2.33. The van der Waals surface area contributed by atoms with Crippen LogP contribution < -0.4 is 10.1 Å². The number of carbonyl (C=O) groups excluding carboxylic acids is 2. The van der Waals surface area contributed by atoms with E-state index in [0.29, 0.717) is 45.6 Å². The van der Waals surface area contributed by atoms with Crippen molar-refractivity contribution in [3.8, 4) is 5.88 Å². The summed E-state index contributed by atoms with van der Waals surface area (Å²) >= 11 is 1.16. The number of ether oxygens (including phenoxy) is 1. The van der Waals surface area contributed by atoms with E-state index in [1.807, 2.05) is 0 Å². The average Bonchev–Trinajstić information content (AvgIpc) is 2.97. The number of fused-ring (bicyclic) bond motifs is 1. The Kier molecular flexibility index (Phi) is 4.30. The Balaban J connectivity index is 1.92. The first-order valence-corrected chi connectivity index (χ1v) is 8.05. The highest BCUT2D eigenvalue weighted by atomic mass is 32.1. The zero-order valence-corrected chi connectivity index (χ0v) is 13.9. The van der Waals surface area contributed by atoms with Gasteiger partial charge in [0.05, 0.1) is 17.7 Å². The number of aliphatic hydroxyl groups is 1. The molecule has 0 saturated carbocycles. The quantitative estimate of drug-likeness (QED) is 0.826. The molecule has 0 radical (unpaired) electrons. The molecule has 1 aliphatic carbocycles. The van der Waals surface area contributed by atoms with Crippen LogP contribution in [0.3, 0.4) is 0 Å². The Morgan fingerprint density at radius 2 is 2.12 bits per heavy atom. The molecule has 0 aliphatic heterocycles. The number of pyridine rings is 1. The highest BCUT2D eigenvalue weighted by Crippen LogP contribution is 2.37. The molecule has 7 nitrogen and oxygen atoms in total. The zero-order valence-electron chi connectivity index (χ0n) is 13.1. The molecule has 2 aromatic heterocycles. The SMILES string of the molecule is COc1ccc(C(=O)C2=C(O)c3sc(NC(C)=O)nc3CC2)cn1. The maximum Gasteiger partial charge on any atom is 0.223 e. The Labute approximate surface area is 142 Å². The summed E-state index contributed by atoms with van der Waals surface area (Å²) in [7, 11) is 1.50. The van der Waals surface area contributed by atoms with E-state index in [0.717, 1.165) is 11.3 Å². The second-order valence-corrected chi connectivity index (χ2v) is 6.22. The van der Waals surface area contributed by atoms with E-state index < -0.39 is 0 Å². The van der Waals surface area contributed by atoms with E-state index in [1.165, 1.54) is 20.2 Å². The molecule has 2 N–H and O–H groups in total. The molecule has 124 valence electrons. The summed E-state index contributed by atoms with van der Waals surface area (Å²) < 4.78 is 4.97. The normalized spacial score (nSPS) is 13.4. The van der Waals surface area contributed by atoms with E-state index in [2.05, 4.69) is 15.3 Å². The predicted molar refractivity (Wildman–Crippen MR) is 89.4 cm³/mol. The number of aryl methyl sites for hydroxylation is 1. The number of amides is 1. The number of thiazole rings is 1. The third kappa shape index (κ3) is 3.00. The Hall–Kier alpha value is -2.74. The first kappa shape index (κ1) is 16.1. The predicted octanol–water partition coefficient (Wildman–Crippen LogP) is 2.60. The maximum atomic E-state index is 12.6. The molecule has 8 heteroatoms. The van der Waals surface area contributed by atoms with Gasteiger partial charge in [-0.15, -0.1) is 0 Å². The smallest absolute Gasteiger partial charge is 0.223 e. The van der Waals surface area contributed by atoms with Gasteiger partial charge in [0.25, 0.3) is 0 Å². The molecule has 2 aromatic rings. The number of Topliss-reactive ketones (excluding diaryl/α,β-unsaturated/α-hetero) is 1. The van der Waals surface area contributed by atoms with Crippen molar-refractivity contribution in [3.05, 3.63) is 40.0 Å². The van der Waals surface area contributed by atoms with Gasteiger partial charge in [0.1, 0.15) is 5.76 Å². The third-order valence-electron chi connectivity index (χ3n) is 3.57. The van der Waals surface area contributed by atoms with Crippen molar-refractivity contribution in [2.24, 2.45) is 0 Å². The average molecular weight is 345 g/mol. The van der Waals surface area contributed by atoms with Crippen LogP contribution in [0.2, 0.25) is 0 Å². The van der Waals surface area contributed by atoms with Gasteiger partial charge in [-0.25, -0.2) is 9.97 Å². The van der Waals surface area contributed by atoms with Crippen molar-refractivity contribution in [2.45, 2.75) is 19.8 Å². The molecular weight excluding hydrogens is 330 g/mol. The summed E-state index contributed by atoms with van der Waals surface area (Å²) in [5, 5.41) is 13.5. The second kappa shape index (κ2) is 6.40. The Morgan fingerprint density at radius 3 is 2.75 bits per heavy atom. The third-order valence-corrected chi connectivity index (χ3v) is 4.59. The van der Waals surface area contributed by atoms with Crippen LogP contribution in [0.15, 0.2) is 23.9 Å². The van der Waals surface area contributed by atoms with E-state index in [4.69, 9.17) is 4.74 Å². The summed E-state index contributed by atoms with van der Waals surface area (Å²) in [6.45, 7) is 1.39. The molecule has 0 fully saturated rings. The number of rotatable bonds is 4. The number of hydrogen-bond acceptors (Lipinski definition) is 7. The van der Waals surface area contributed by atoms with Crippen LogP contribution in [0.5, 0.6) is 5.88 Å². The van der Waals surface area contributed by atoms with Crippen molar-refractivity contribution in [3.63, 3.8) is 0 Å². The lowest BCUT2D eigenvalue weighted by Crippen LogP contribution is -2.12. The van der Waals surface area contributed by atoms with Crippen molar-refractivity contribution in [1.82, 2.24) is 9.97 Å². The van der Waals surface area contributed by atoms with E-state index >= 15 is 0 Å². The number of allylic oxidation sites excluding steroid dienone is 1. The number of methoxy groups -OCH3 is 1. The van der Waals surface area contributed by atoms with Gasteiger partial charge >= 0.3 is 0 Å². The van der Waals surface area contributed by atoms with Gasteiger partial charge in [0.15, 0.2) is 10.9 Å². The van der Waals surface area contributed by atoms with Gasteiger partial charge in [-0.3, -0.25) is 9.59 Å². The molecule has 0 saturated heterocycles. The summed E-state index contributed by atoms with van der Waals surface area (Å²) in [5.41, 5.74) is 1.39. The lowest BCUT2D eigenvalue weighted by molar-refractivity contribution is -0.114. The molecule has 24 heavy (non-hydrogen) atoms. The van der Waals surface area contributed by atoms with Gasteiger partial charge in [0.2, 0.25) is 11.8 Å². The lowest BCUT2D eigenvalue weighted by atomic mass is 9.93. The molecule has 2 heterocycles. The standard InChI is InChI=1S/C16H15N3O4S/c1-8(20)18-16-19-11-5-4-10(14(22)15(11)24-16)13(21)9-3-6-12(23-2)17-7-9/h3,6-7,22H,4-5H2,1-2H3,(H,18,19,20). The molecule has 0 unspecified atom stereocenters. The number of ketones is 1. The van der Waals surface area contributed by atoms with Crippen LogP contribution in [-0.4, -0.2) is 33.9 Å². The van der Waals surface area contributed by atoms with Crippen molar-refractivity contribution < 1.29 is 19.4 Å². The highest BCUT2D eigenvalue weighted by Gasteiger charge is 2.27. The van der Waals surface area contributed by atoms with Gasteiger partial charge in [-0.2, -0.15) is 0 Å². The molecule has 1 aliphatic rings. The number of aliphatic hydroxyl groups excluding tert-OH is 1.